The lowest BCUT2D eigenvalue weighted by atomic mass is 9.85. The van der Waals surface area contributed by atoms with Gasteiger partial charge < -0.3 is 40.0 Å². The zero-order valence-electron chi connectivity index (χ0n) is 87.1. The third-order valence-electron chi connectivity index (χ3n) is 33.4. The molecule has 45 nitrogen and oxygen atoms in total. The van der Waals surface area contributed by atoms with Crippen LogP contribution in [0.15, 0.2) is 70.0 Å². The van der Waals surface area contributed by atoms with Crippen LogP contribution in [0.1, 0.15) is 322 Å². The van der Waals surface area contributed by atoms with Crippen LogP contribution >= 0.6 is 0 Å². The molecule has 150 heavy (non-hydrogen) atoms. The number of rotatable bonds is 9. The zero-order chi connectivity index (χ0) is 104. The standard InChI is InChI=1S/C16H21N5O.5C15H19N5O.C14H16N6O3/c1-3-10-8-11-13-15(20-19-14(11)17-10)18-16(22)21(13)12-7-5-4-6-9(12)2;5*1-8-5-3-4-6-11(8)20-12-10-7-9(2)16-13(10)18-19-14(12)17-15(20)21;1-6-4-2-3-5-7(6)20-9-8-10(16-12(15-8)13(21)22)18-19-11(9)17-14(20)23/h8-9,12H,3-7H2,1-2H3,(H,17,19)(H,18,20,22);5*7-8,11H,3-6H2,1-2H3,(H,16,18)(H,17,19,21);6-7H,2-5H2,1H3,(H,21,22)(H,15,16,18)(H,17,19,23). The molecule has 21 aromatic rings. The fourth-order valence-electron chi connectivity index (χ4n) is 25.8. The van der Waals surface area contributed by atoms with Crippen LogP contribution in [-0.2, 0) is 6.42 Å². The van der Waals surface area contributed by atoms with Crippen molar-refractivity contribution < 1.29 is 9.90 Å². The van der Waals surface area contributed by atoms with E-state index in [9.17, 15) is 38.4 Å². The number of nitrogens with zero attached hydrogens (tertiary/aromatic N) is 22. The van der Waals surface area contributed by atoms with E-state index < -0.39 is 5.97 Å². The van der Waals surface area contributed by atoms with Crippen LogP contribution in [-0.4, -0.2) is 189 Å². The molecule has 0 spiro atoms. The summed E-state index contributed by atoms with van der Waals surface area (Å²) in [6, 6.07) is 13.9. The predicted octanol–water partition coefficient (Wildman–Crippen LogP) is 17.7. The lowest BCUT2D eigenvalue weighted by molar-refractivity contribution is 0.0685. The minimum Gasteiger partial charge on any atom is -0.475 e. The quantitative estimate of drug-likeness (QED) is 0.0638. The number of imidazole rings is 8. The lowest BCUT2D eigenvalue weighted by Crippen LogP contribution is -2.29. The highest BCUT2D eigenvalue weighted by atomic mass is 16.4. The summed E-state index contributed by atoms with van der Waals surface area (Å²) in [5.41, 5.74) is 20.6. The number of aromatic amines is 14. The molecule has 7 aliphatic carbocycles. The SMILES string of the molecule is CC1CCCCC1n1c(=O)[nH]c2nnc3nc(C(=O)O)[nH]c3c21.CCc1cc2c(nnc3[nH]c(=O)n(C4CCCCC4C)c32)[nH]1.Cc1cc2c(nnc3[nH]c(=O)n(C4CCCCC4C)c32)[nH]1.Cc1cc2c(nnc3[nH]c(=O)n(C4CCCCC4C)c32)[nH]1.Cc1cc2c(nnc3[nH]c(=O)n(C4CCCCC4C)c32)[nH]1.Cc1cc2c(nnc3[nH]c(=O)n(C4CCCCC4C)c32)[nH]1.Cc1cc2c(nnc3[nH]c(=O)n(C4CCCCC4C)c32)[nH]1. The van der Waals surface area contributed by atoms with Crippen LogP contribution in [0.5, 0.6) is 0 Å². The Morgan fingerprint density at radius 2 is 0.440 bits per heavy atom. The molecule has 7 fully saturated rings. The van der Waals surface area contributed by atoms with Crippen LogP contribution in [0.4, 0.5) is 0 Å². The monoisotopic (exact) mass is 2040 g/mol. The number of carbonyl (C=O) groups is 1. The summed E-state index contributed by atoms with van der Waals surface area (Å²) in [5, 5.41) is 72.9. The highest BCUT2D eigenvalue weighted by Gasteiger charge is 2.37. The molecule has 7 aliphatic rings. The summed E-state index contributed by atoms with van der Waals surface area (Å²) in [4.78, 5) is 144. The van der Waals surface area contributed by atoms with Gasteiger partial charge in [-0.05, 0) is 209 Å². The number of hydrogen-bond acceptors (Lipinski definition) is 23. The summed E-state index contributed by atoms with van der Waals surface area (Å²) in [6.45, 7) is 27.6. The second kappa shape index (κ2) is 40.6. The van der Waals surface area contributed by atoms with E-state index in [4.69, 9.17) is 5.11 Å². The third-order valence-corrected chi connectivity index (χ3v) is 33.4. The van der Waals surface area contributed by atoms with Gasteiger partial charge in [-0.3, -0.25) is 66.9 Å². The second-order valence-corrected chi connectivity index (χ2v) is 43.8. The summed E-state index contributed by atoms with van der Waals surface area (Å²) >= 11 is 0. The molecule has 14 unspecified atom stereocenters. The first-order valence-corrected chi connectivity index (χ1v) is 53.9. The molecule has 0 saturated heterocycles. The first-order chi connectivity index (χ1) is 72.5. The number of nitrogens with one attached hydrogen (secondary N) is 14. The van der Waals surface area contributed by atoms with Crippen molar-refractivity contribution in [1.29, 1.82) is 0 Å². The van der Waals surface area contributed by atoms with Crippen molar-refractivity contribution in [3.63, 3.8) is 0 Å². The molecule has 0 amide bonds. The molecule has 28 rings (SSSR count). The Hall–Kier alpha value is -15.4. The minimum atomic E-state index is -1.17. The molecule has 0 bridgehead atoms. The first-order valence-electron chi connectivity index (χ1n) is 53.9. The number of aromatic nitrogens is 36. The first kappa shape index (κ1) is 99.3. The predicted molar refractivity (Wildman–Crippen MR) is 575 cm³/mol. The van der Waals surface area contributed by atoms with Crippen molar-refractivity contribution in [3.05, 3.63) is 150 Å². The van der Waals surface area contributed by atoms with Crippen molar-refractivity contribution in [2.45, 2.75) is 319 Å². The number of aryl methyl sites for hydroxylation is 6. The Morgan fingerprint density at radius 1 is 0.253 bits per heavy atom. The van der Waals surface area contributed by atoms with Gasteiger partial charge in [0.05, 0.1) is 0 Å². The molecular weight excluding hydrogens is 1910 g/mol. The molecule has 21 heterocycles. The highest BCUT2D eigenvalue weighted by Crippen LogP contribution is 2.44. The van der Waals surface area contributed by atoms with Gasteiger partial charge in [0.25, 0.3) is 0 Å². The van der Waals surface area contributed by atoms with Crippen LogP contribution in [0.3, 0.4) is 0 Å². The van der Waals surface area contributed by atoms with Crippen molar-refractivity contribution in [2.24, 2.45) is 41.4 Å². The lowest BCUT2D eigenvalue weighted by Gasteiger charge is -2.29. The topological polar surface area (TPSA) is 606 Å². The smallest absolute Gasteiger partial charge is 0.371 e. The third kappa shape index (κ3) is 18.3. The van der Waals surface area contributed by atoms with Gasteiger partial charge in [0.15, 0.2) is 73.4 Å². The number of carboxylic acid groups (broad SMARTS) is 1. The molecule has 0 aromatic carbocycles. The summed E-state index contributed by atoms with van der Waals surface area (Å²) in [7, 11) is 0. The van der Waals surface area contributed by atoms with E-state index in [1.54, 1.807) is 4.57 Å². The molecule has 15 N–H and O–H groups in total. The number of fused-ring (bicyclic) bond motifs is 21. The summed E-state index contributed by atoms with van der Waals surface area (Å²) in [5.74, 6) is 2.06. The number of H-pyrrole nitrogens is 14. The Kier molecular flexibility index (Phi) is 26.9. The van der Waals surface area contributed by atoms with Gasteiger partial charge in [-0.15, -0.1) is 71.4 Å². The Morgan fingerprint density at radius 3 is 0.653 bits per heavy atom. The van der Waals surface area contributed by atoms with Crippen LogP contribution in [0.2, 0.25) is 0 Å². The van der Waals surface area contributed by atoms with Crippen molar-refractivity contribution >= 4 is 161 Å². The molecule has 45 heteroatoms. The van der Waals surface area contributed by atoms with Gasteiger partial charge in [0.2, 0.25) is 11.5 Å². The normalized spacial score (nSPS) is 22.9. The largest absolute Gasteiger partial charge is 0.475 e. The van der Waals surface area contributed by atoms with E-state index in [0.29, 0.717) is 92.0 Å². The second-order valence-electron chi connectivity index (χ2n) is 43.8. The molecule has 0 radical (unpaired) electrons. The minimum absolute atomic E-state index is 0.0604. The van der Waals surface area contributed by atoms with Gasteiger partial charge in [-0.2, -0.15) is 0 Å². The summed E-state index contributed by atoms with van der Waals surface area (Å²) in [6.07, 6.45) is 33.2. The van der Waals surface area contributed by atoms with Crippen molar-refractivity contribution in [3.8, 4) is 0 Å². The van der Waals surface area contributed by atoms with E-state index in [-0.39, 0.29) is 93.6 Å². The van der Waals surface area contributed by atoms with Crippen LogP contribution in [0, 0.1) is 76.0 Å². The summed E-state index contributed by atoms with van der Waals surface area (Å²) < 4.78 is 13.2. The maximum Gasteiger partial charge on any atom is 0.371 e. The number of hydrogen-bond donors (Lipinski definition) is 15. The molecule has 0 aliphatic heterocycles. The Labute approximate surface area is 854 Å². The maximum atomic E-state index is 12.5. The Balaban J connectivity index is 0.0000000989. The molecule has 7 saturated carbocycles. The van der Waals surface area contributed by atoms with Gasteiger partial charge in [-0.1, -0.05) is 145 Å². The average molecular weight is 2040 g/mol. The van der Waals surface area contributed by atoms with E-state index in [2.05, 4.69) is 208 Å². The van der Waals surface area contributed by atoms with E-state index in [0.717, 1.165) is 204 Å². The van der Waals surface area contributed by atoms with Crippen molar-refractivity contribution in [1.82, 2.24) is 178 Å². The maximum absolute atomic E-state index is 12.5. The number of aromatic carboxylic acids is 1. The fourth-order valence-corrected chi connectivity index (χ4v) is 25.8. The van der Waals surface area contributed by atoms with Gasteiger partial charge >= 0.3 is 45.8 Å². The molecule has 21 aromatic heterocycles. The molecule has 786 valence electrons. The zero-order valence-corrected chi connectivity index (χ0v) is 87.1. The highest BCUT2D eigenvalue weighted by molar-refractivity contribution is 6.05. The van der Waals surface area contributed by atoms with Gasteiger partial charge in [0, 0.05) is 109 Å². The van der Waals surface area contributed by atoms with E-state index in [1.165, 1.54) is 116 Å². The van der Waals surface area contributed by atoms with Gasteiger partial charge in [0.1, 0.15) is 44.1 Å². The Bertz CT molecular complexity index is 8280. The average Bonchev–Trinajstić information content (AvgIpc) is 1.61. The van der Waals surface area contributed by atoms with Gasteiger partial charge in [-0.25, -0.2) is 43.3 Å². The van der Waals surface area contributed by atoms with Crippen molar-refractivity contribution in [2.75, 3.05) is 0 Å². The van der Waals surface area contributed by atoms with E-state index in [1.807, 2.05) is 92.4 Å². The molecular formula is C105H132N36O9. The van der Waals surface area contributed by atoms with Crippen LogP contribution < -0.4 is 39.8 Å². The van der Waals surface area contributed by atoms with Crippen LogP contribution in [0.25, 0.3) is 156 Å². The number of carboxylic acids is 1. The van der Waals surface area contributed by atoms with E-state index >= 15 is 0 Å². The molecule has 14 atom stereocenters. The fraction of sp³-hybridized carbons (Fsp3) is 0.533.